The molecule has 1 amide bonds. The molecule has 0 fully saturated rings. The highest BCUT2D eigenvalue weighted by molar-refractivity contribution is 5.52. The van der Waals surface area contributed by atoms with Gasteiger partial charge in [-0.05, 0) is 31.4 Å². The Morgan fingerprint density at radius 1 is 1.67 bits per heavy atom. The monoisotopic (exact) mass is 167 g/mol. The van der Waals surface area contributed by atoms with Crippen molar-refractivity contribution in [3.8, 4) is 0 Å². The van der Waals surface area contributed by atoms with Gasteiger partial charge in [0.25, 0.3) is 0 Å². The number of nitrogens with zero attached hydrogens (tertiary/aromatic N) is 1. The number of allylic oxidation sites excluding steroid dienone is 3. The standard InChI is InChI=1S/C9H13NO2/c1-8-5-3-4-6-9(8)10(7-11)12-2/h4,6-7H,3,5H2,1-2H3. The third-order valence-corrected chi connectivity index (χ3v) is 1.93. The lowest BCUT2D eigenvalue weighted by atomic mass is 10.0. The lowest BCUT2D eigenvalue weighted by Gasteiger charge is -2.20. The molecule has 1 aliphatic carbocycles. The molecular formula is C9H13NO2. The second-order valence-electron chi connectivity index (χ2n) is 2.72. The highest BCUT2D eigenvalue weighted by atomic mass is 16.7. The number of hydrogen-bond acceptors (Lipinski definition) is 2. The van der Waals surface area contributed by atoms with E-state index in [9.17, 15) is 4.79 Å². The Bertz CT molecular complexity index is 231. The maximum absolute atomic E-state index is 10.5. The van der Waals surface area contributed by atoms with E-state index in [2.05, 4.69) is 0 Å². The molecule has 0 aromatic heterocycles. The van der Waals surface area contributed by atoms with Gasteiger partial charge in [0.2, 0.25) is 6.41 Å². The number of amides is 1. The topological polar surface area (TPSA) is 29.5 Å². The van der Waals surface area contributed by atoms with Crippen LogP contribution in [0.15, 0.2) is 23.4 Å². The average molecular weight is 167 g/mol. The molecule has 1 aliphatic rings. The van der Waals surface area contributed by atoms with E-state index in [1.165, 1.54) is 17.7 Å². The molecule has 0 aromatic carbocycles. The Kier molecular flexibility index (Phi) is 3.05. The van der Waals surface area contributed by atoms with Crippen molar-refractivity contribution >= 4 is 6.41 Å². The van der Waals surface area contributed by atoms with Crippen molar-refractivity contribution in [2.45, 2.75) is 19.8 Å². The first kappa shape index (κ1) is 9.00. The first-order chi connectivity index (χ1) is 5.79. The summed E-state index contributed by atoms with van der Waals surface area (Å²) in [5.41, 5.74) is 2.05. The first-order valence-electron chi connectivity index (χ1n) is 3.94. The minimum Gasteiger partial charge on any atom is -0.276 e. The zero-order chi connectivity index (χ0) is 8.97. The molecule has 0 heterocycles. The van der Waals surface area contributed by atoms with Crippen molar-refractivity contribution in [3.05, 3.63) is 23.4 Å². The number of hydrogen-bond donors (Lipinski definition) is 0. The van der Waals surface area contributed by atoms with Gasteiger partial charge in [0.05, 0.1) is 12.8 Å². The summed E-state index contributed by atoms with van der Waals surface area (Å²) in [7, 11) is 1.48. The summed E-state index contributed by atoms with van der Waals surface area (Å²) < 4.78 is 0. The molecule has 66 valence electrons. The second kappa shape index (κ2) is 4.07. The smallest absolute Gasteiger partial charge is 0.238 e. The molecule has 0 aliphatic heterocycles. The lowest BCUT2D eigenvalue weighted by molar-refractivity contribution is -0.149. The van der Waals surface area contributed by atoms with Crippen LogP contribution in [0, 0.1) is 0 Å². The summed E-state index contributed by atoms with van der Waals surface area (Å²) in [4.78, 5) is 15.4. The molecular weight excluding hydrogens is 154 g/mol. The Labute approximate surface area is 72.3 Å². The molecule has 0 radical (unpaired) electrons. The van der Waals surface area contributed by atoms with E-state index in [-0.39, 0.29) is 0 Å². The van der Waals surface area contributed by atoms with Crippen LogP contribution in [0.5, 0.6) is 0 Å². The fourth-order valence-electron chi connectivity index (χ4n) is 1.22. The minimum absolute atomic E-state index is 0.675. The normalized spacial score (nSPS) is 16.5. The summed E-state index contributed by atoms with van der Waals surface area (Å²) in [5.74, 6) is 0. The van der Waals surface area contributed by atoms with Crippen LogP contribution in [0.2, 0.25) is 0 Å². The Morgan fingerprint density at radius 2 is 2.42 bits per heavy atom. The minimum atomic E-state index is 0.675. The molecule has 0 aromatic rings. The predicted octanol–water partition coefficient (Wildman–Crippen LogP) is 1.63. The van der Waals surface area contributed by atoms with E-state index >= 15 is 0 Å². The van der Waals surface area contributed by atoms with E-state index in [4.69, 9.17) is 4.84 Å². The Morgan fingerprint density at radius 3 is 2.92 bits per heavy atom. The largest absolute Gasteiger partial charge is 0.276 e. The van der Waals surface area contributed by atoms with Gasteiger partial charge in [-0.1, -0.05) is 6.08 Å². The molecule has 0 saturated carbocycles. The fraction of sp³-hybridized carbons (Fsp3) is 0.444. The molecule has 12 heavy (non-hydrogen) atoms. The average Bonchev–Trinajstić information content (AvgIpc) is 2.10. The highest BCUT2D eigenvalue weighted by Gasteiger charge is 2.10. The van der Waals surface area contributed by atoms with Crippen LogP contribution in [0.3, 0.4) is 0 Å². The van der Waals surface area contributed by atoms with Crippen molar-refractivity contribution in [1.82, 2.24) is 5.06 Å². The number of carbonyl (C=O) groups excluding carboxylic acids is 1. The van der Waals surface area contributed by atoms with Gasteiger partial charge in [-0.2, -0.15) is 5.06 Å². The van der Waals surface area contributed by atoms with Gasteiger partial charge in [-0.25, -0.2) is 0 Å². The molecule has 0 atom stereocenters. The van der Waals surface area contributed by atoms with Crippen molar-refractivity contribution in [3.63, 3.8) is 0 Å². The van der Waals surface area contributed by atoms with Crippen molar-refractivity contribution in [2.24, 2.45) is 0 Å². The molecule has 0 N–H and O–H groups in total. The van der Waals surface area contributed by atoms with Gasteiger partial charge in [0.15, 0.2) is 0 Å². The van der Waals surface area contributed by atoms with Gasteiger partial charge >= 0.3 is 0 Å². The van der Waals surface area contributed by atoms with E-state index in [1.807, 2.05) is 19.1 Å². The maximum atomic E-state index is 10.5. The lowest BCUT2D eigenvalue weighted by Crippen LogP contribution is -2.20. The SMILES string of the molecule is CON(C=O)C1=C(C)CCC=C1. The zero-order valence-corrected chi connectivity index (χ0v) is 7.41. The highest BCUT2D eigenvalue weighted by Crippen LogP contribution is 2.20. The fourth-order valence-corrected chi connectivity index (χ4v) is 1.22. The molecule has 3 nitrogen and oxygen atoms in total. The summed E-state index contributed by atoms with van der Waals surface area (Å²) in [6.45, 7) is 2.01. The van der Waals surface area contributed by atoms with Crippen LogP contribution in [-0.2, 0) is 9.63 Å². The molecule has 0 bridgehead atoms. The molecule has 0 saturated heterocycles. The second-order valence-corrected chi connectivity index (χ2v) is 2.72. The van der Waals surface area contributed by atoms with Gasteiger partial charge in [0, 0.05) is 0 Å². The van der Waals surface area contributed by atoms with Crippen LogP contribution < -0.4 is 0 Å². The maximum Gasteiger partial charge on any atom is 0.238 e. The first-order valence-corrected chi connectivity index (χ1v) is 3.94. The number of carbonyl (C=O) groups is 1. The molecule has 3 heteroatoms. The summed E-state index contributed by atoms with van der Waals surface area (Å²) >= 11 is 0. The summed E-state index contributed by atoms with van der Waals surface area (Å²) in [5, 5.41) is 1.24. The predicted molar refractivity (Wildman–Crippen MR) is 46.0 cm³/mol. The third kappa shape index (κ3) is 1.74. The van der Waals surface area contributed by atoms with E-state index in [0.29, 0.717) is 6.41 Å². The molecule has 1 rings (SSSR count). The Balaban J connectivity index is 2.83. The quantitative estimate of drug-likeness (QED) is 0.472. The van der Waals surface area contributed by atoms with Crippen LogP contribution >= 0.6 is 0 Å². The number of rotatable bonds is 3. The third-order valence-electron chi connectivity index (χ3n) is 1.93. The van der Waals surface area contributed by atoms with Crippen LogP contribution in [0.1, 0.15) is 19.8 Å². The van der Waals surface area contributed by atoms with Gasteiger partial charge < -0.3 is 0 Å². The zero-order valence-electron chi connectivity index (χ0n) is 7.41. The van der Waals surface area contributed by atoms with Crippen LogP contribution in [0.25, 0.3) is 0 Å². The van der Waals surface area contributed by atoms with Gasteiger partial charge in [-0.3, -0.25) is 9.63 Å². The van der Waals surface area contributed by atoms with E-state index < -0.39 is 0 Å². The summed E-state index contributed by atoms with van der Waals surface area (Å²) in [6.07, 6.45) is 6.67. The van der Waals surface area contributed by atoms with E-state index in [1.54, 1.807) is 0 Å². The van der Waals surface area contributed by atoms with Gasteiger partial charge in [-0.15, -0.1) is 0 Å². The summed E-state index contributed by atoms with van der Waals surface area (Å²) in [6, 6.07) is 0. The van der Waals surface area contributed by atoms with Crippen LogP contribution in [-0.4, -0.2) is 18.6 Å². The van der Waals surface area contributed by atoms with Crippen molar-refractivity contribution in [1.29, 1.82) is 0 Å². The van der Waals surface area contributed by atoms with Gasteiger partial charge in [0.1, 0.15) is 0 Å². The number of hydroxylamine groups is 2. The van der Waals surface area contributed by atoms with Crippen LogP contribution in [0.4, 0.5) is 0 Å². The Hall–Kier alpha value is -1.09. The molecule has 0 unspecified atom stereocenters. The molecule has 0 spiro atoms. The van der Waals surface area contributed by atoms with Crippen molar-refractivity contribution in [2.75, 3.05) is 7.11 Å². The van der Waals surface area contributed by atoms with E-state index in [0.717, 1.165) is 18.5 Å². The van der Waals surface area contributed by atoms with Crippen molar-refractivity contribution < 1.29 is 9.63 Å².